The summed E-state index contributed by atoms with van der Waals surface area (Å²) in [6, 6.07) is 8.27. The van der Waals surface area contributed by atoms with E-state index in [4.69, 9.17) is 42.1 Å². The molecular weight excluding hydrogens is 627 g/mol. The zero-order chi connectivity index (χ0) is 32.8. The molecule has 0 saturated carbocycles. The first-order valence-corrected chi connectivity index (χ1v) is 17.1. The Hall–Kier alpha value is -2.75. The van der Waals surface area contributed by atoms with Crippen LogP contribution in [-0.4, -0.2) is 85.7 Å². The molecule has 3 aliphatic heterocycles. The van der Waals surface area contributed by atoms with Gasteiger partial charge >= 0.3 is 0 Å². The molecule has 250 valence electrons. The number of fused-ring (bicyclic) bond motifs is 1. The highest BCUT2D eigenvalue weighted by atomic mass is 35.5. The molecule has 3 heterocycles. The Bertz CT molecular complexity index is 1450. The zero-order valence-electron chi connectivity index (χ0n) is 27.3. The molecule has 46 heavy (non-hydrogen) atoms. The van der Waals surface area contributed by atoms with Crippen LogP contribution >= 0.6 is 23.2 Å². The van der Waals surface area contributed by atoms with E-state index in [0.717, 1.165) is 74.9 Å². The quantitative estimate of drug-likeness (QED) is 0.313. The van der Waals surface area contributed by atoms with E-state index in [0.29, 0.717) is 12.8 Å². The minimum atomic E-state index is -0.412. The summed E-state index contributed by atoms with van der Waals surface area (Å²) in [6.07, 6.45) is 12.2. The van der Waals surface area contributed by atoms with Crippen LogP contribution in [0, 0.1) is 0 Å². The molecule has 4 atom stereocenters. The van der Waals surface area contributed by atoms with Gasteiger partial charge in [0.25, 0.3) is 0 Å². The predicted octanol–water partition coefficient (Wildman–Crippen LogP) is 6.01. The van der Waals surface area contributed by atoms with Crippen LogP contribution in [0.1, 0.15) is 54.4 Å². The van der Waals surface area contributed by atoms with Crippen LogP contribution in [0.15, 0.2) is 48.6 Å². The van der Waals surface area contributed by atoms with Crippen molar-refractivity contribution in [1.82, 2.24) is 9.80 Å². The lowest BCUT2D eigenvalue weighted by Crippen LogP contribution is -2.42. The molecule has 5 aliphatic rings. The second-order valence-corrected chi connectivity index (χ2v) is 13.5. The van der Waals surface area contributed by atoms with Crippen molar-refractivity contribution in [2.75, 3.05) is 46.7 Å². The van der Waals surface area contributed by atoms with Gasteiger partial charge in [0.1, 0.15) is 12.2 Å². The fourth-order valence-electron chi connectivity index (χ4n) is 7.32. The van der Waals surface area contributed by atoms with Crippen molar-refractivity contribution in [3.63, 3.8) is 0 Å². The van der Waals surface area contributed by atoms with Gasteiger partial charge in [0.05, 0.1) is 31.1 Å². The average molecular weight is 674 g/mol. The fourth-order valence-corrected chi connectivity index (χ4v) is 7.32. The minimum Gasteiger partial charge on any atom is -0.493 e. The van der Waals surface area contributed by atoms with Gasteiger partial charge in [-0.2, -0.15) is 0 Å². The Labute approximate surface area is 282 Å². The van der Waals surface area contributed by atoms with E-state index in [9.17, 15) is 9.90 Å². The van der Waals surface area contributed by atoms with E-state index in [2.05, 4.69) is 42.1 Å². The number of aliphatic hydroxyl groups is 1. The van der Waals surface area contributed by atoms with Gasteiger partial charge in [-0.3, -0.25) is 4.79 Å². The molecular formula is C36H46Cl2N2O6. The molecule has 0 bridgehead atoms. The second-order valence-electron chi connectivity index (χ2n) is 12.7. The van der Waals surface area contributed by atoms with Gasteiger partial charge in [-0.25, -0.2) is 0 Å². The molecule has 0 aromatic heterocycles. The van der Waals surface area contributed by atoms with Crippen molar-refractivity contribution in [2.45, 2.75) is 75.3 Å². The highest BCUT2D eigenvalue weighted by molar-refractivity contribution is 6.40. The van der Waals surface area contributed by atoms with Crippen LogP contribution in [0.2, 0.25) is 0 Å². The number of carbonyl (C=O) groups is 1. The molecule has 1 spiro atoms. The Morgan fingerprint density at radius 3 is 2.46 bits per heavy atom. The number of ether oxygens (including phenoxy) is 4. The van der Waals surface area contributed by atoms with Crippen molar-refractivity contribution >= 4 is 29.0 Å². The van der Waals surface area contributed by atoms with Crippen molar-refractivity contribution in [2.24, 2.45) is 0 Å². The fraction of sp³-hybridized carbons (Fsp3) is 0.528. The Balaban J connectivity index is 0.000000167. The molecule has 10 heteroatoms. The SMILES string of the molecule is COc1ccc2c(c1OC1CC=CC(=O)C1)CCCN(C)C2.COc1ccc2c3c1OC1CC(O)C=CC31CCN(C)C2.ClCCl. The van der Waals surface area contributed by atoms with Crippen molar-refractivity contribution < 1.29 is 28.8 Å². The van der Waals surface area contributed by atoms with Gasteiger partial charge in [-0.15, -0.1) is 23.2 Å². The van der Waals surface area contributed by atoms with Crippen LogP contribution in [0.5, 0.6) is 23.0 Å². The van der Waals surface area contributed by atoms with E-state index in [1.165, 1.54) is 22.3 Å². The van der Waals surface area contributed by atoms with Gasteiger partial charge in [-0.1, -0.05) is 30.4 Å². The third-order valence-electron chi connectivity index (χ3n) is 9.51. The number of ketones is 1. The number of carbonyl (C=O) groups excluding carboxylic acids is 1. The van der Waals surface area contributed by atoms with Gasteiger partial charge in [0.15, 0.2) is 28.8 Å². The molecule has 2 aliphatic carbocycles. The second kappa shape index (κ2) is 15.4. The normalized spacial score (nSPS) is 26.4. The van der Waals surface area contributed by atoms with Crippen LogP contribution < -0.4 is 18.9 Å². The monoisotopic (exact) mass is 672 g/mol. The zero-order valence-corrected chi connectivity index (χ0v) is 28.8. The third-order valence-corrected chi connectivity index (χ3v) is 9.51. The van der Waals surface area contributed by atoms with Gasteiger partial charge < -0.3 is 33.9 Å². The maximum absolute atomic E-state index is 11.6. The van der Waals surface area contributed by atoms with Crippen LogP contribution in [0.3, 0.4) is 0 Å². The topological polar surface area (TPSA) is 80.7 Å². The van der Waals surface area contributed by atoms with E-state index in [-0.39, 0.29) is 28.7 Å². The summed E-state index contributed by atoms with van der Waals surface area (Å²) in [6.45, 7) is 3.97. The number of benzene rings is 2. The number of methoxy groups -OCH3 is 2. The Morgan fingerprint density at radius 1 is 1.02 bits per heavy atom. The minimum absolute atomic E-state index is 0.00838. The molecule has 2 aromatic rings. The lowest BCUT2D eigenvalue weighted by Gasteiger charge is -2.35. The molecule has 1 N–H and O–H groups in total. The summed E-state index contributed by atoms with van der Waals surface area (Å²) in [7, 11) is 7.66. The van der Waals surface area contributed by atoms with Gasteiger partial charge in [0, 0.05) is 43.5 Å². The number of nitrogens with zero attached hydrogens (tertiary/aromatic N) is 2. The van der Waals surface area contributed by atoms with Crippen LogP contribution in [0.4, 0.5) is 0 Å². The van der Waals surface area contributed by atoms with Crippen LogP contribution in [0.25, 0.3) is 0 Å². The number of alkyl halides is 2. The Kier molecular flexibility index (Phi) is 11.6. The predicted molar refractivity (Wildman–Crippen MR) is 182 cm³/mol. The summed E-state index contributed by atoms with van der Waals surface area (Å²) in [5.41, 5.74) is 5.02. The number of rotatable bonds is 4. The molecule has 0 fully saturated rings. The Morgan fingerprint density at radius 2 is 1.72 bits per heavy atom. The van der Waals surface area contributed by atoms with E-state index < -0.39 is 6.10 Å². The first kappa shape index (κ1) is 34.6. The van der Waals surface area contributed by atoms with Gasteiger partial charge in [-0.05, 0) is 75.8 Å². The lowest BCUT2D eigenvalue weighted by atomic mass is 9.69. The largest absolute Gasteiger partial charge is 0.493 e. The summed E-state index contributed by atoms with van der Waals surface area (Å²) in [5.74, 6) is 3.43. The summed E-state index contributed by atoms with van der Waals surface area (Å²) in [5, 5.41) is 10.2. The first-order valence-electron chi connectivity index (χ1n) is 16.0. The molecule has 0 amide bonds. The van der Waals surface area contributed by atoms with Crippen molar-refractivity contribution in [3.8, 4) is 23.0 Å². The van der Waals surface area contributed by atoms with E-state index >= 15 is 0 Å². The smallest absolute Gasteiger partial charge is 0.166 e. The number of aliphatic hydroxyl groups excluding tert-OH is 1. The summed E-state index contributed by atoms with van der Waals surface area (Å²) in [4.78, 5) is 16.3. The third kappa shape index (κ3) is 7.37. The molecule has 0 saturated heterocycles. The van der Waals surface area contributed by atoms with Crippen LogP contribution in [-0.2, 0) is 29.7 Å². The number of hydrogen-bond acceptors (Lipinski definition) is 8. The maximum Gasteiger partial charge on any atom is 0.166 e. The average Bonchev–Trinajstić information content (AvgIpc) is 3.13. The van der Waals surface area contributed by atoms with E-state index in [1.54, 1.807) is 20.3 Å². The summed E-state index contributed by atoms with van der Waals surface area (Å²) >= 11 is 9.53. The van der Waals surface area contributed by atoms with Gasteiger partial charge in [0.2, 0.25) is 0 Å². The van der Waals surface area contributed by atoms with E-state index in [1.807, 2.05) is 24.3 Å². The summed E-state index contributed by atoms with van der Waals surface area (Å²) < 4.78 is 23.5. The highest BCUT2D eigenvalue weighted by Gasteiger charge is 2.52. The number of halogens is 2. The molecule has 0 radical (unpaired) electrons. The molecule has 2 aromatic carbocycles. The molecule has 4 unspecified atom stereocenters. The highest BCUT2D eigenvalue weighted by Crippen LogP contribution is 2.55. The molecule has 8 nitrogen and oxygen atoms in total. The standard InChI is InChI=1S/C18H23NO3.C17H21NO3.CH2Cl2/c1-19-10-4-7-16-13(12-19)8-9-17(21-2)18(16)22-15-6-3-5-14(20)11-15;1-18-8-7-17-6-5-12(19)9-14(17)21-16-13(20-2)4-3-11(10-18)15(16)17;2-1-3/h3,5,8-9,15H,4,6-7,10-12H2,1-2H3;3-6,12,14,19H,7-10H2,1-2H3;1H2. The van der Waals surface area contributed by atoms with Crippen molar-refractivity contribution in [1.29, 1.82) is 0 Å². The number of allylic oxidation sites excluding steroid dienone is 1. The van der Waals surface area contributed by atoms with Crippen molar-refractivity contribution in [3.05, 3.63) is 70.8 Å². The first-order chi connectivity index (χ1) is 22.2. The molecule has 7 rings (SSSR count). The number of hydrogen-bond donors (Lipinski definition) is 1. The maximum atomic E-state index is 11.6. The lowest BCUT2D eigenvalue weighted by molar-refractivity contribution is -0.116.